The maximum atomic E-state index is 12.3. The molecule has 0 aliphatic rings. The maximum Gasteiger partial charge on any atom is 0.338 e. The van der Waals surface area contributed by atoms with Crippen LogP contribution in [0.15, 0.2) is 30.3 Å². The van der Waals surface area contributed by atoms with Gasteiger partial charge >= 0.3 is 5.97 Å². The molecule has 0 spiro atoms. The van der Waals surface area contributed by atoms with Gasteiger partial charge in [-0.1, -0.05) is 17.7 Å². The quantitative estimate of drug-likeness (QED) is 0.725. The molecule has 144 valence electrons. The number of halogens is 1. The molecule has 0 radical (unpaired) electrons. The van der Waals surface area contributed by atoms with Gasteiger partial charge in [-0.2, -0.15) is 0 Å². The van der Waals surface area contributed by atoms with Crippen molar-refractivity contribution in [3.8, 4) is 17.2 Å². The topological polar surface area (TPSA) is 83.1 Å². The van der Waals surface area contributed by atoms with Crippen molar-refractivity contribution in [2.24, 2.45) is 0 Å². The van der Waals surface area contributed by atoms with Crippen LogP contribution in [0.4, 0.5) is 5.69 Å². The first-order chi connectivity index (χ1) is 12.9. The van der Waals surface area contributed by atoms with Crippen LogP contribution in [0.3, 0.4) is 0 Å². The minimum absolute atomic E-state index is 0.158. The van der Waals surface area contributed by atoms with Gasteiger partial charge in [0.25, 0.3) is 5.91 Å². The third-order valence-electron chi connectivity index (χ3n) is 3.63. The summed E-state index contributed by atoms with van der Waals surface area (Å²) in [4.78, 5) is 24.3. The summed E-state index contributed by atoms with van der Waals surface area (Å²) in [6.07, 6.45) is 0. The second kappa shape index (κ2) is 9.14. The largest absolute Gasteiger partial charge is 0.493 e. The standard InChI is InChI=1S/C19H20ClNO6/c1-11-5-6-14(13(20)7-11)21-17(22)10-27-19(23)12-8-15(24-2)18(26-4)16(9-12)25-3/h5-9H,10H2,1-4H3,(H,21,22). The molecule has 1 N–H and O–H groups in total. The van der Waals surface area contributed by atoms with E-state index in [1.807, 2.05) is 13.0 Å². The Morgan fingerprint density at radius 1 is 1.00 bits per heavy atom. The van der Waals surface area contributed by atoms with Crippen molar-refractivity contribution in [2.75, 3.05) is 33.3 Å². The molecular formula is C19H20ClNO6. The molecule has 0 heterocycles. The van der Waals surface area contributed by atoms with Crippen molar-refractivity contribution in [3.05, 3.63) is 46.5 Å². The normalized spacial score (nSPS) is 10.1. The Morgan fingerprint density at radius 2 is 1.63 bits per heavy atom. The lowest BCUT2D eigenvalue weighted by molar-refractivity contribution is -0.119. The van der Waals surface area contributed by atoms with Crippen molar-refractivity contribution < 1.29 is 28.5 Å². The Kier molecular flexibility index (Phi) is 6.90. The van der Waals surface area contributed by atoms with Crippen LogP contribution < -0.4 is 19.5 Å². The molecule has 7 nitrogen and oxygen atoms in total. The van der Waals surface area contributed by atoms with Gasteiger partial charge < -0.3 is 24.3 Å². The SMILES string of the molecule is COc1cc(C(=O)OCC(=O)Nc2ccc(C)cc2Cl)cc(OC)c1OC. The number of aryl methyl sites for hydroxylation is 1. The van der Waals surface area contributed by atoms with Crippen LogP contribution in [0.5, 0.6) is 17.2 Å². The zero-order valence-corrected chi connectivity index (χ0v) is 16.2. The summed E-state index contributed by atoms with van der Waals surface area (Å²) in [5.74, 6) is -0.261. The Labute approximate surface area is 162 Å². The number of carbonyl (C=O) groups excluding carboxylic acids is 2. The van der Waals surface area contributed by atoms with Crippen LogP contribution in [0, 0.1) is 6.92 Å². The van der Waals surface area contributed by atoms with Gasteiger partial charge in [-0.3, -0.25) is 4.79 Å². The molecule has 8 heteroatoms. The van der Waals surface area contributed by atoms with Crippen molar-refractivity contribution >= 4 is 29.2 Å². The van der Waals surface area contributed by atoms with E-state index in [1.54, 1.807) is 12.1 Å². The summed E-state index contributed by atoms with van der Waals surface area (Å²) in [7, 11) is 4.33. The number of methoxy groups -OCH3 is 3. The zero-order valence-electron chi connectivity index (χ0n) is 15.4. The summed E-state index contributed by atoms with van der Waals surface area (Å²) in [5, 5.41) is 2.99. The Hall–Kier alpha value is -2.93. The summed E-state index contributed by atoms with van der Waals surface area (Å²) < 4.78 is 20.6. The first kappa shape index (κ1) is 20.4. The number of anilines is 1. The van der Waals surface area contributed by atoms with E-state index in [2.05, 4.69) is 5.32 Å². The van der Waals surface area contributed by atoms with E-state index >= 15 is 0 Å². The van der Waals surface area contributed by atoms with Gasteiger partial charge in [0.1, 0.15) is 0 Å². The van der Waals surface area contributed by atoms with E-state index in [0.717, 1.165) is 5.56 Å². The number of amides is 1. The van der Waals surface area contributed by atoms with Crippen molar-refractivity contribution in [1.82, 2.24) is 0 Å². The minimum atomic E-state index is -0.709. The smallest absolute Gasteiger partial charge is 0.338 e. The number of benzene rings is 2. The van der Waals surface area contributed by atoms with Gasteiger partial charge in [0, 0.05) is 0 Å². The van der Waals surface area contributed by atoms with E-state index in [-0.39, 0.29) is 5.56 Å². The molecule has 2 rings (SSSR count). The number of rotatable bonds is 7. The first-order valence-corrected chi connectivity index (χ1v) is 8.30. The summed E-state index contributed by atoms with van der Waals surface area (Å²) in [6.45, 7) is 1.41. The molecule has 2 aromatic carbocycles. The van der Waals surface area contributed by atoms with E-state index in [1.165, 1.54) is 33.5 Å². The molecule has 0 aliphatic carbocycles. The second-order valence-corrected chi connectivity index (χ2v) is 5.93. The highest BCUT2D eigenvalue weighted by molar-refractivity contribution is 6.33. The molecular weight excluding hydrogens is 374 g/mol. The maximum absolute atomic E-state index is 12.3. The van der Waals surface area contributed by atoms with Crippen LogP contribution in [0.2, 0.25) is 5.02 Å². The molecule has 2 aromatic rings. The first-order valence-electron chi connectivity index (χ1n) is 7.92. The highest BCUT2D eigenvalue weighted by Gasteiger charge is 2.18. The number of carbonyl (C=O) groups is 2. The lowest BCUT2D eigenvalue weighted by Crippen LogP contribution is -2.21. The molecule has 0 fully saturated rings. The summed E-state index contributed by atoms with van der Waals surface area (Å²) >= 11 is 6.07. The average Bonchev–Trinajstić information content (AvgIpc) is 2.66. The average molecular weight is 394 g/mol. The highest BCUT2D eigenvalue weighted by Crippen LogP contribution is 2.38. The third kappa shape index (κ3) is 5.04. The summed E-state index contributed by atoms with van der Waals surface area (Å²) in [5.41, 5.74) is 1.56. The number of hydrogen-bond donors (Lipinski definition) is 1. The zero-order chi connectivity index (χ0) is 20.0. The minimum Gasteiger partial charge on any atom is -0.493 e. The van der Waals surface area contributed by atoms with Gasteiger partial charge in [0.05, 0.1) is 37.6 Å². The predicted molar refractivity (Wildman–Crippen MR) is 101 cm³/mol. The number of hydrogen-bond acceptors (Lipinski definition) is 6. The van der Waals surface area contributed by atoms with Gasteiger partial charge in [-0.15, -0.1) is 0 Å². The van der Waals surface area contributed by atoms with Gasteiger partial charge in [0.15, 0.2) is 18.1 Å². The van der Waals surface area contributed by atoms with E-state index < -0.39 is 18.5 Å². The van der Waals surface area contributed by atoms with Crippen molar-refractivity contribution in [3.63, 3.8) is 0 Å². The van der Waals surface area contributed by atoms with Crippen molar-refractivity contribution in [2.45, 2.75) is 6.92 Å². The number of esters is 1. The fourth-order valence-corrected chi connectivity index (χ4v) is 2.60. The third-order valence-corrected chi connectivity index (χ3v) is 3.95. The Bertz CT molecular complexity index is 827. The fourth-order valence-electron chi connectivity index (χ4n) is 2.32. The molecule has 0 aliphatic heterocycles. The second-order valence-electron chi connectivity index (χ2n) is 5.52. The van der Waals surface area contributed by atoms with Crippen molar-refractivity contribution in [1.29, 1.82) is 0 Å². The number of ether oxygens (including phenoxy) is 4. The van der Waals surface area contributed by atoms with Crippen LogP contribution >= 0.6 is 11.6 Å². The highest BCUT2D eigenvalue weighted by atomic mass is 35.5. The number of nitrogens with one attached hydrogen (secondary N) is 1. The fraction of sp³-hybridized carbons (Fsp3) is 0.263. The molecule has 0 bridgehead atoms. The van der Waals surface area contributed by atoms with E-state index in [0.29, 0.717) is 28.0 Å². The molecule has 0 unspecified atom stereocenters. The van der Waals surface area contributed by atoms with Gasteiger partial charge in [0.2, 0.25) is 5.75 Å². The Morgan fingerprint density at radius 3 is 2.15 bits per heavy atom. The van der Waals surface area contributed by atoms with Crippen LogP contribution in [-0.2, 0) is 9.53 Å². The predicted octanol–water partition coefficient (Wildman–Crippen LogP) is 3.47. The summed E-state index contributed by atoms with van der Waals surface area (Å²) in [6, 6.07) is 8.09. The monoisotopic (exact) mass is 393 g/mol. The van der Waals surface area contributed by atoms with Gasteiger partial charge in [-0.05, 0) is 36.8 Å². The van der Waals surface area contributed by atoms with Gasteiger partial charge in [-0.25, -0.2) is 4.79 Å². The van der Waals surface area contributed by atoms with Crippen LogP contribution in [0.1, 0.15) is 15.9 Å². The van der Waals surface area contributed by atoms with Crippen LogP contribution in [-0.4, -0.2) is 39.8 Å². The molecule has 1 amide bonds. The van der Waals surface area contributed by atoms with E-state index in [4.69, 9.17) is 30.5 Å². The molecule has 0 atom stereocenters. The molecule has 0 saturated heterocycles. The lowest BCUT2D eigenvalue weighted by atomic mass is 10.2. The molecule has 0 saturated carbocycles. The Balaban J connectivity index is 2.05. The van der Waals surface area contributed by atoms with Crippen LogP contribution in [0.25, 0.3) is 0 Å². The van der Waals surface area contributed by atoms with E-state index in [9.17, 15) is 9.59 Å². The molecule has 27 heavy (non-hydrogen) atoms. The molecule has 0 aromatic heterocycles. The lowest BCUT2D eigenvalue weighted by Gasteiger charge is -2.14.